The van der Waals surface area contributed by atoms with Crippen LogP contribution in [0.4, 0.5) is 0 Å². The second-order valence-electron chi connectivity index (χ2n) is 3.96. The first-order valence-electron chi connectivity index (χ1n) is 5.95. The van der Waals surface area contributed by atoms with Crippen LogP contribution in [0.5, 0.6) is 0 Å². The zero-order valence-electron chi connectivity index (χ0n) is 11.3. The van der Waals surface area contributed by atoms with E-state index in [4.69, 9.17) is 12.2 Å². The van der Waals surface area contributed by atoms with Crippen LogP contribution in [0.1, 0.15) is 25.1 Å². The first kappa shape index (κ1) is 15.2. The van der Waals surface area contributed by atoms with E-state index in [-0.39, 0.29) is 5.56 Å². The van der Waals surface area contributed by atoms with E-state index in [0.29, 0.717) is 5.75 Å². The van der Waals surface area contributed by atoms with Gasteiger partial charge in [0.1, 0.15) is 4.32 Å². The molecule has 0 spiro atoms. The molecule has 1 rings (SSSR count). The molecule has 0 aliphatic carbocycles. The first-order chi connectivity index (χ1) is 8.49. The minimum absolute atomic E-state index is 0.0763. The summed E-state index contributed by atoms with van der Waals surface area (Å²) in [4.78, 5) is 13.5. The largest absolute Gasteiger partial charge is 0.358 e. The van der Waals surface area contributed by atoms with Gasteiger partial charge in [-0.1, -0.05) is 24.0 Å². The number of thioether (sulfide) groups is 1. The number of nitrogens with zero attached hydrogens (tertiary/aromatic N) is 3. The van der Waals surface area contributed by atoms with E-state index in [2.05, 4.69) is 23.8 Å². The fourth-order valence-electron chi connectivity index (χ4n) is 1.52. The lowest BCUT2D eigenvalue weighted by Gasteiger charge is -2.20. The van der Waals surface area contributed by atoms with Crippen LogP contribution in [0.2, 0.25) is 0 Å². The molecule has 0 amide bonds. The van der Waals surface area contributed by atoms with Crippen molar-refractivity contribution in [2.45, 2.75) is 26.5 Å². The van der Waals surface area contributed by atoms with E-state index in [1.807, 2.05) is 6.92 Å². The molecule has 1 aromatic rings. The van der Waals surface area contributed by atoms with E-state index in [1.54, 1.807) is 24.9 Å². The minimum atomic E-state index is -0.0763. The number of rotatable bonds is 4. The average molecular weight is 285 g/mol. The molecular weight excluding hydrogens is 266 g/mol. The molecule has 4 nitrogen and oxygen atoms in total. The molecule has 0 radical (unpaired) electrons. The number of hydrogen-bond donors (Lipinski definition) is 0. The molecule has 0 saturated heterocycles. The normalized spacial score (nSPS) is 10.4. The Morgan fingerprint density at radius 2 is 2.11 bits per heavy atom. The quantitative estimate of drug-likeness (QED) is 0.791. The van der Waals surface area contributed by atoms with Crippen LogP contribution < -0.4 is 5.56 Å². The molecule has 18 heavy (non-hydrogen) atoms. The van der Waals surface area contributed by atoms with E-state index in [9.17, 15) is 4.79 Å². The smallest absolute Gasteiger partial charge is 0.266 e. The van der Waals surface area contributed by atoms with Gasteiger partial charge in [0.05, 0.1) is 5.69 Å². The zero-order valence-corrected chi connectivity index (χ0v) is 12.9. The molecule has 0 saturated carbocycles. The van der Waals surface area contributed by atoms with E-state index in [1.165, 1.54) is 4.68 Å². The molecule has 0 fully saturated rings. The predicted molar refractivity (Wildman–Crippen MR) is 81.0 cm³/mol. The molecule has 0 bridgehead atoms. The van der Waals surface area contributed by atoms with Crippen molar-refractivity contribution in [1.29, 1.82) is 0 Å². The van der Waals surface area contributed by atoms with Crippen molar-refractivity contribution in [3.63, 3.8) is 0 Å². The third-order valence-electron chi connectivity index (χ3n) is 2.74. The van der Waals surface area contributed by atoms with Gasteiger partial charge in [0.2, 0.25) is 0 Å². The third kappa shape index (κ3) is 3.81. The third-order valence-corrected chi connectivity index (χ3v) is 4.27. The highest BCUT2D eigenvalue weighted by Crippen LogP contribution is 2.16. The average Bonchev–Trinajstić information content (AvgIpc) is 2.33. The van der Waals surface area contributed by atoms with Gasteiger partial charge in [-0.2, -0.15) is 5.10 Å². The molecule has 100 valence electrons. The summed E-state index contributed by atoms with van der Waals surface area (Å²) in [6.07, 6.45) is 0. The molecule has 0 atom stereocenters. The van der Waals surface area contributed by atoms with Crippen LogP contribution in [0.15, 0.2) is 10.9 Å². The lowest BCUT2D eigenvalue weighted by atomic mass is 10.2. The summed E-state index contributed by atoms with van der Waals surface area (Å²) >= 11 is 6.96. The highest BCUT2D eigenvalue weighted by molar-refractivity contribution is 8.22. The second kappa shape index (κ2) is 6.89. The highest BCUT2D eigenvalue weighted by atomic mass is 32.2. The highest BCUT2D eigenvalue weighted by Gasteiger charge is 2.09. The first-order valence-corrected chi connectivity index (χ1v) is 7.34. The monoisotopic (exact) mass is 285 g/mol. The Labute approximate surface area is 117 Å². The van der Waals surface area contributed by atoms with E-state index in [0.717, 1.165) is 28.7 Å². The Morgan fingerprint density at radius 1 is 1.50 bits per heavy atom. The fraction of sp³-hybridized carbons (Fsp3) is 0.583. The summed E-state index contributed by atoms with van der Waals surface area (Å²) in [5, 5.41) is 4.26. The fourth-order valence-corrected chi connectivity index (χ4v) is 2.94. The van der Waals surface area contributed by atoms with Gasteiger partial charge in [-0.05, 0) is 26.3 Å². The number of hydrogen-bond acceptors (Lipinski definition) is 4. The van der Waals surface area contributed by atoms with Gasteiger partial charge >= 0.3 is 0 Å². The molecule has 1 aromatic heterocycles. The Kier molecular flexibility index (Phi) is 5.81. The van der Waals surface area contributed by atoms with Gasteiger partial charge in [0, 0.05) is 32.0 Å². The Morgan fingerprint density at radius 3 is 2.67 bits per heavy atom. The van der Waals surface area contributed by atoms with Crippen LogP contribution in [0, 0.1) is 6.92 Å². The minimum Gasteiger partial charge on any atom is -0.358 e. The Bertz CT molecular complexity index is 481. The van der Waals surface area contributed by atoms with Crippen molar-refractivity contribution in [2.24, 2.45) is 7.05 Å². The zero-order chi connectivity index (χ0) is 13.7. The van der Waals surface area contributed by atoms with Gasteiger partial charge in [-0.25, -0.2) is 4.68 Å². The molecule has 0 N–H and O–H groups in total. The maximum absolute atomic E-state index is 11.4. The van der Waals surface area contributed by atoms with Crippen LogP contribution >= 0.6 is 24.0 Å². The molecule has 0 unspecified atom stereocenters. The lowest BCUT2D eigenvalue weighted by Crippen LogP contribution is -2.27. The van der Waals surface area contributed by atoms with Crippen LogP contribution in [0.25, 0.3) is 0 Å². The Hall–Kier alpha value is -0.880. The predicted octanol–water partition coefficient (Wildman–Crippen LogP) is 1.95. The van der Waals surface area contributed by atoms with Gasteiger partial charge < -0.3 is 4.90 Å². The topological polar surface area (TPSA) is 38.1 Å². The lowest BCUT2D eigenvalue weighted by molar-refractivity contribution is 0.482. The number of aryl methyl sites for hydroxylation is 2. The molecular formula is C12H19N3OS2. The van der Waals surface area contributed by atoms with E-state index >= 15 is 0 Å². The van der Waals surface area contributed by atoms with Crippen molar-refractivity contribution in [1.82, 2.24) is 14.7 Å². The second-order valence-corrected chi connectivity index (χ2v) is 5.57. The van der Waals surface area contributed by atoms with Gasteiger partial charge in [0.15, 0.2) is 0 Å². The van der Waals surface area contributed by atoms with Gasteiger partial charge in [0.25, 0.3) is 5.56 Å². The summed E-state index contributed by atoms with van der Waals surface area (Å²) in [5.41, 5.74) is 1.76. The van der Waals surface area contributed by atoms with Gasteiger partial charge in [-0.15, -0.1) is 0 Å². The Balaban J connectivity index is 2.72. The number of aromatic nitrogens is 2. The van der Waals surface area contributed by atoms with Crippen molar-refractivity contribution in [3.8, 4) is 0 Å². The van der Waals surface area contributed by atoms with Crippen LogP contribution in [-0.2, 0) is 12.8 Å². The molecule has 0 aliphatic heterocycles. The molecule has 1 heterocycles. The SMILES string of the molecule is CCN(CC)C(=S)SCc1nn(C)c(=O)cc1C. The maximum atomic E-state index is 11.4. The summed E-state index contributed by atoms with van der Waals surface area (Å²) in [5.74, 6) is 0.704. The standard InChI is InChI=1S/C12H19N3OS2/c1-5-15(6-2)12(17)18-8-10-9(3)7-11(16)14(4)13-10/h7H,5-6,8H2,1-4H3. The van der Waals surface area contributed by atoms with Crippen LogP contribution in [0.3, 0.4) is 0 Å². The van der Waals surface area contributed by atoms with Crippen molar-refractivity contribution in [2.75, 3.05) is 13.1 Å². The summed E-state index contributed by atoms with van der Waals surface area (Å²) in [6, 6.07) is 1.61. The van der Waals surface area contributed by atoms with E-state index < -0.39 is 0 Å². The van der Waals surface area contributed by atoms with Crippen molar-refractivity contribution in [3.05, 3.63) is 27.7 Å². The summed E-state index contributed by atoms with van der Waals surface area (Å²) in [6.45, 7) is 7.92. The van der Waals surface area contributed by atoms with Crippen molar-refractivity contribution < 1.29 is 0 Å². The van der Waals surface area contributed by atoms with Crippen LogP contribution in [-0.4, -0.2) is 32.1 Å². The summed E-state index contributed by atoms with van der Waals surface area (Å²) in [7, 11) is 1.67. The molecule has 6 heteroatoms. The summed E-state index contributed by atoms with van der Waals surface area (Å²) < 4.78 is 2.25. The molecule has 0 aromatic carbocycles. The van der Waals surface area contributed by atoms with Gasteiger partial charge in [-0.3, -0.25) is 4.79 Å². The molecule has 0 aliphatic rings. The number of thiocarbonyl (C=S) groups is 1. The van der Waals surface area contributed by atoms with Crippen molar-refractivity contribution >= 4 is 28.3 Å². The maximum Gasteiger partial charge on any atom is 0.266 e.